The Morgan fingerprint density at radius 2 is 1.88 bits per heavy atom. The molecule has 1 N–H and O–H groups in total. The Morgan fingerprint density at radius 1 is 1.06 bits per heavy atom. The van der Waals surface area contributed by atoms with Gasteiger partial charge in [-0.1, -0.05) is 24.3 Å². The van der Waals surface area contributed by atoms with E-state index in [2.05, 4.69) is 5.32 Å². The van der Waals surface area contributed by atoms with Gasteiger partial charge in [0.05, 0.1) is 19.9 Å². The number of furan rings is 1. The van der Waals surface area contributed by atoms with Crippen LogP contribution in [0.5, 0.6) is 11.5 Å². The number of hydrogen-bond acceptors (Lipinski definition) is 6. The molecule has 0 spiro atoms. The van der Waals surface area contributed by atoms with Crippen LogP contribution >= 0.6 is 0 Å². The fraction of sp³-hybridized carbons (Fsp3) is 0.125. The van der Waals surface area contributed by atoms with E-state index in [1.807, 2.05) is 0 Å². The third-order valence-electron chi connectivity index (χ3n) is 4.92. The molecule has 0 atom stereocenters. The number of nitrogens with one attached hydrogen (secondary N) is 1. The Balaban J connectivity index is 1.55. The molecule has 0 unspecified atom stereocenters. The molecular formula is C24H19FN2O6. The monoisotopic (exact) mass is 450 g/mol. The summed E-state index contributed by atoms with van der Waals surface area (Å²) in [7, 11) is 1.43. The zero-order chi connectivity index (χ0) is 23.4. The van der Waals surface area contributed by atoms with Crippen LogP contribution in [0.15, 0.2) is 70.9 Å². The minimum Gasteiger partial charge on any atom is -0.493 e. The smallest absolute Gasteiger partial charge is 0.331 e. The van der Waals surface area contributed by atoms with Gasteiger partial charge in [0.25, 0.3) is 11.8 Å². The fourth-order valence-corrected chi connectivity index (χ4v) is 3.23. The molecule has 0 bridgehead atoms. The quantitative estimate of drug-likeness (QED) is 0.436. The number of ether oxygens (including phenoxy) is 2. The normalized spacial score (nSPS) is 15.0. The molecule has 0 saturated carbocycles. The number of amides is 4. The predicted octanol–water partition coefficient (Wildman–Crippen LogP) is 3.67. The Kier molecular flexibility index (Phi) is 6.21. The van der Waals surface area contributed by atoms with Gasteiger partial charge in [-0.2, -0.15) is 0 Å². The highest BCUT2D eigenvalue weighted by Gasteiger charge is 2.36. The number of nitrogens with zero attached hydrogens (tertiary/aromatic N) is 1. The van der Waals surface area contributed by atoms with Crippen LogP contribution in [0, 0.1) is 5.82 Å². The van der Waals surface area contributed by atoms with Gasteiger partial charge in [-0.15, -0.1) is 0 Å². The summed E-state index contributed by atoms with van der Waals surface area (Å²) in [5, 5.41) is 2.15. The molecule has 4 amide bonds. The van der Waals surface area contributed by atoms with Crippen molar-refractivity contribution in [2.45, 2.75) is 13.2 Å². The maximum absolute atomic E-state index is 13.8. The molecule has 0 radical (unpaired) electrons. The maximum atomic E-state index is 13.8. The van der Waals surface area contributed by atoms with Gasteiger partial charge in [-0.25, -0.2) is 9.18 Å². The van der Waals surface area contributed by atoms with Crippen LogP contribution in [0.1, 0.15) is 16.9 Å². The number of carbonyl (C=O) groups is 3. The molecule has 3 aromatic rings. The first-order valence-electron chi connectivity index (χ1n) is 9.91. The standard InChI is InChI=1S/C24H19FN2O6/c1-31-21-12-15(8-9-20(21)33-14-16-5-2-3-7-19(16)25)11-18-22(28)26-24(30)27(23(18)29)13-17-6-4-10-32-17/h2-12H,13-14H2,1H3,(H,26,28,30)/b18-11+. The Morgan fingerprint density at radius 3 is 2.61 bits per heavy atom. The molecule has 33 heavy (non-hydrogen) atoms. The predicted molar refractivity (Wildman–Crippen MR) is 114 cm³/mol. The van der Waals surface area contributed by atoms with Crippen LogP contribution in [-0.4, -0.2) is 29.9 Å². The number of methoxy groups -OCH3 is 1. The summed E-state index contributed by atoms with van der Waals surface area (Å²) in [6.45, 7) is -0.122. The van der Waals surface area contributed by atoms with Crippen LogP contribution in [0.4, 0.5) is 9.18 Å². The summed E-state index contributed by atoms with van der Waals surface area (Å²) in [5.74, 6) is -0.859. The molecular weight excluding hydrogens is 431 g/mol. The Labute approximate surface area is 188 Å². The lowest BCUT2D eigenvalue weighted by molar-refractivity contribution is -0.130. The first kappa shape index (κ1) is 21.8. The van der Waals surface area contributed by atoms with Crippen molar-refractivity contribution in [1.82, 2.24) is 10.2 Å². The van der Waals surface area contributed by atoms with E-state index >= 15 is 0 Å². The van der Waals surface area contributed by atoms with Crippen molar-refractivity contribution in [3.05, 3.63) is 89.1 Å². The van der Waals surface area contributed by atoms with Crippen molar-refractivity contribution >= 4 is 23.9 Å². The summed E-state index contributed by atoms with van der Waals surface area (Å²) in [6, 6.07) is 13.4. The Hall–Kier alpha value is -4.40. The van der Waals surface area contributed by atoms with E-state index in [0.717, 1.165) is 4.90 Å². The largest absolute Gasteiger partial charge is 0.493 e. The average Bonchev–Trinajstić information content (AvgIpc) is 3.32. The SMILES string of the molecule is COc1cc(/C=C2\C(=O)NC(=O)N(Cc3ccco3)C2=O)ccc1OCc1ccccc1F. The van der Waals surface area contributed by atoms with Crippen molar-refractivity contribution in [2.24, 2.45) is 0 Å². The second kappa shape index (κ2) is 9.39. The molecule has 1 fully saturated rings. The van der Waals surface area contributed by atoms with E-state index in [1.165, 1.54) is 25.5 Å². The molecule has 9 heteroatoms. The highest BCUT2D eigenvalue weighted by atomic mass is 19.1. The molecule has 1 saturated heterocycles. The van der Waals surface area contributed by atoms with Crippen molar-refractivity contribution in [2.75, 3.05) is 7.11 Å². The topological polar surface area (TPSA) is 98.1 Å². The van der Waals surface area contributed by atoms with Gasteiger partial charge in [0.1, 0.15) is 23.8 Å². The average molecular weight is 450 g/mol. The van der Waals surface area contributed by atoms with Gasteiger partial charge >= 0.3 is 6.03 Å². The summed E-state index contributed by atoms with van der Waals surface area (Å²) in [4.78, 5) is 38.2. The van der Waals surface area contributed by atoms with E-state index in [9.17, 15) is 18.8 Å². The van der Waals surface area contributed by atoms with Gasteiger partial charge < -0.3 is 13.9 Å². The number of rotatable bonds is 7. The fourth-order valence-electron chi connectivity index (χ4n) is 3.23. The lowest BCUT2D eigenvalue weighted by Gasteiger charge is -2.25. The summed E-state index contributed by atoms with van der Waals surface area (Å²) < 4.78 is 30.0. The lowest BCUT2D eigenvalue weighted by Crippen LogP contribution is -2.53. The number of barbiturate groups is 1. The van der Waals surface area contributed by atoms with Crippen LogP contribution < -0.4 is 14.8 Å². The molecule has 8 nitrogen and oxygen atoms in total. The molecule has 0 aliphatic carbocycles. The molecule has 2 heterocycles. The van der Waals surface area contributed by atoms with Gasteiger partial charge in [0.2, 0.25) is 0 Å². The van der Waals surface area contributed by atoms with Crippen molar-refractivity contribution in [1.29, 1.82) is 0 Å². The zero-order valence-electron chi connectivity index (χ0n) is 17.5. The third-order valence-corrected chi connectivity index (χ3v) is 4.92. The van der Waals surface area contributed by atoms with Crippen LogP contribution in [0.25, 0.3) is 6.08 Å². The molecule has 168 valence electrons. The number of benzene rings is 2. The summed E-state index contributed by atoms with van der Waals surface area (Å²) in [6.07, 6.45) is 2.77. The number of halogens is 1. The minimum atomic E-state index is -0.826. The first-order chi connectivity index (χ1) is 16.0. The zero-order valence-corrected chi connectivity index (χ0v) is 17.5. The van der Waals surface area contributed by atoms with E-state index in [1.54, 1.807) is 48.5 Å². The van der Waals surface area contributed by atoms with E-state index in [4.69, 9.17) is 13.9 Å². The molecule has 1 aliphatic rings. The van der Waals surface area contributed by atoms with Crippen molar-refractivity contribution in [3.63, 3.8) is 0 Å². The van der Waals surface area contributed by atoms with Crippen LogP contribution in [0.2, 0.25) is 0 Å². The maximum Gasteiger partial charge on any atom is 0.331 e. The second-order valence-electron chi connectivity index (χ2n) is 7.08. The molecule has 2 aromatic carbocycles. The van der Waals surface area contributed by atoms with E-state index in [0.29, 0.717) is 28.4 Å². The number of carbonyl (C=O) groups excluding carboxylic acids is 3. The van der Waals surface area contributed by atoms with Crippen molar-refractivity contribution < 1.29 is 32.7 Å². The van der Waals surface area contributed by atoms with Crippen LogP contribution in [-0.2, 0) is 22.7 Å². The summed E-state index contributed by atoms with van der Waals surface area (Å²) in [5.41, 5.74) is 0.635. The third kappa shape index (κ3) is 4.77. The van der Waals surface area contributed by atoms with Gasteiger partial charge in [-0.3, -0.25) is 19.8 Å². The first-order valence-corrected chi connectivity index (χ1v) is 9.91. The second-order valence-corrected chi connectivity index (χ2v) is 7.08. The minimum absolute atomic E-state index is 0.00574. The highest BCUT2D eigenvalue weighted by molar-refractivity contribution is 6.30. The highest BCUT2D eigenvalue weighted by Crippen LogP contribution is 2.30. The number of urea groups is 1. The van der Waals surface area contributed by atoms with E-state index < -0.39 is 17.8 Å². The summed E-state index contributed by atoms with van der Waals surface area (Å²) >= 11 is 0. The lowest BCUT2D eigenvalue weighted by atomic mass is 10.1. The van der Waals surface area contributed by atoms with Gasteiger partial charge in [-0.05, 0) is 42.0 Å². The molecule has 1 aliphatic heterocycles. The van der Waals surface area contributed by atoms with Gasteiger partial charge in [0, 0.05) is 5.56 Å². The molecule has 4 rings (SSSR count). The molecule has 1 aromatic heterocycles. The van der Waals surface area contributed by atoms with E-state index in [-0.39, 0.29) is 24.5 Å². The number of imide groups is 2. The van der Waals surface area contributed by atoms with Crippen LogP contribution in [0.3, 0.4) is 0 Å². The van der Waals surface area contributed by atoms with Gasteiger partial charge in [0.15, 0.2) is 11.5 Å². The number of hydrogen-bond donors (Lipinski definition) is 1. The Bertz CT molecular complexity index is 1240. The van der Waals surface area contributed by atoms with Crippen molar-refractivity contribution in [3.8, 4) is 11.5 Å².